The minimum absolute atomic E-state index is 0.496. The van der Waals surface area contributed by atoms with E-state index in [1.807, 2.05) is 25.1 Å². The Morgan fingerprint density at radius 2 is 2.12 bits per heavy atom. The predicted molar refractivity (Wildman–Crippen MR) is 60.9 cm³/mol. The molecule has 2 aromatic rings. The topological polar surface area (TPSA) is 64.9 Å². The van der Waals surface area contributed by atoms with Crippen molar-refractivity contribution in [2.75, 3.05) is 5.73 Å². The summed E-state index contributed by atoms with van der Waals surface area (Å²) >= 11 is 0. The quantitative estimate of drug-likeness (QED) is 0.782. The van der Waals surface area contributed by atoms with Gasteiger partial charge in [0.15, 0.2) is 0 Å². The standard InChI is InChI=1S/C12H13N3O/c1-7-6-9(13)4-5-10(7)12-15-14-11(16-12)8-2-3-8/h4-6,8H,2-3,13H2,1H3. The number of anilines is 1. The number of hydrogen-bond acceptors (Lipinski definition) is 4. The molecule has 0 spiro atoms. The fourth-order valence-electron chi connectivity index (χ4n) is 1.77. The van der Waals surface area contributed by atoms with Gasteiger partial charge in [0.05, 0.1) is 0 Å². The molecule has 0 unspecified atom stereocenters. The normalized spacial score (nSPS) is 15.3. The first-order valence-electron chi connectivity index (χ1n) is 5.44. The number of rotatable bonds is 2. The third-order valence-electron chi connectivity index (χ3n) is 2.85. The van der Waals surface area contributed by atoms with Gasteiger partial charge in [-0.3, -0.25) is 0 Å². The number of nitrogen functional groups attached to an aromatic ring is 1. The van der Waals surface area contributed by atoms with E-state index in [1.165, 1.54) is 12.8 Å². The molecular weight excluding hydrogens is 202 g/mol. The van der Waals surface area contributed by atoms with Crippen LogP contribution < -0.4 is 5.73 Å². The number of benzene rings is 1. The summed E-state index contributed by atoms with van der Waals surface area (Å²) in [4.78, 5) is 0. The van der Waals surface area contributed by atoms with Gasteiger partial charge < -0.3 is 10.2 Å². The average Bonchev–Trinajstić information content (AvgIpc) is 2.98. The second-order valence-electron chi connectivity index (χ2n) is 4.29. The number of hydrogen-bond donors (Lipinski definition) is 1. The minimum Gasteiger partial charge on any atom is -0.420 e. The molecule has 2 N–H and O–H groups in total. The molecule has 1 fully saturated rings. The summed E-state index contributed by atoms with van der Waals surface area (Å²) < 4.78 is 5.65. The molecule has 1 heterocycles. The van der Waals surface area contributed by atoms with Crippen molar-refractivity contribution in [3.05, 3.63) is 29.7 Å². The molecule has 0 aliphatic heterocycles. The number of nitrogens with two attached hydrogens (primary N) is 1. The van der Waals surface area contributed by atoms with Crippen LogP contribution in [0.1, 0.15) is 30.2 Å². The highest BCUT2D eigenvalue weighted by molar-refractivity contribution is 5.62. The summed E-state index contributed by atoms with van der Waals surface area (Å²) in [6, 6.07) is 5.69. The van der Waals surface area contributed by atoms with Crippen LogP contribution in [0.25, 0.3) is 11.5 Å². The van der Waals surface area contributed by atoms with Gasteiger partial charge in [0, 0.05) is 17.2 Å². The zero-order chi connectivity index (χ0) is 11.1. The van der Waals surface area contributed by atoms with Crippen LogP contribution >= 0.6 is 0 Å². The van der Waals surface area contributed by atoms with Crippen molar-refractivity contribution in [2.45, 2.75) is 25.7 Å². The molecule has 0 atom stereocenters. The molecule has 4 heteroatoms. The van der Waals surface area contributed by atoms with Crippen molar-refractivity contribution in [2.24, 2.45) is 0 Å². The molecule has 0 bridgehead atoms. The fraction of sp³-hybridized carbons (Fsp3) is 0.333. The molecule has 0 amide bonds. The maximum atomic E-state index is 5.70. The van der Waals surface area contributed by atoms with Gasteiger partial charge in [-0.15, -0.1) is 10.2 Å². The molecule has 16 heavy (non-hydrogen) atoms. The van der Waals surface area contributed by atoms with Crippen molar-refractivity contribution in [1.82, 2.24) is 10.2 Å². The first kappa shape index (κ1) is 9.39. The lowest BCUT2D eigenvalue weighted by Gasteiger charge is -2.01. The summed E-state index contributed by atoms with van der Waals surface area (Å²) in [6.45, 7) is 1.99. The zero-order valence-corrected chi connectivity index (χ0v) is 9.10. The second-order valence-corrected chi connectivity index (χ2v) is 4.29. The molecule has 0 saturated heterocycles. The highest BCUT2D eigenvalue weighted by Gasteiger charge is 2.29. The van der Waals surface area contributed by atoms with Crippen LogP contribution in [0, 0.1) is 6.92 Å². The third-order valence-corrected chi connectivity index (χ3v) is 2.85. The molecular formula is C12H13N3O. The van der Waals surface area contributed by atoms with Gasteiger partial charge in [0.1, 0.15) is 0 Å². The van der Waals surface area contributed by atoms with E-state index in [0.717, 1.165) is 22.7 Å². The van der Waals surface area contributed by atoms with E-state index in [2.05, 4.69) is 10.2 Å². The van der Waals surface area contributed by atoms with Crippen LogP contribution in [0.3, 0.4) is 0 Å². The summed E-state index contributed by atoms with van der Waals surface area (Å²) in [5.41, 5.74) is 8.48. The molecule has 4 nitrogen and oxygen atoms in total. The Kier molecular flexibility index (Phi) is 1.96. The lowest BCUT2D eigenvalue weighted by atomic mass is 10.1. The number of aromatic nitrogens is 2. The fourth-order valence-corrected chi connectivity index (χ4v) is 1.77. The lowest BCUT2D eigenvalue weighted by molar-refractivity contribution is 0.508. The molecule has 82 valence electrons. The van der Waals surface area contributed by atoms with Gasteiger partial charge in [0.2, 0.25) is 11.8 Å². The maximum absolute atomic E-state index is 5.70. The van der Waals surface area contributed by atoms with Gasteiger partial charge >= 0.3 is 0 Å². The van der Waals surface area contributed by atoms with Crippen molar-refractivity contribution >= 4 is 5.69 Å². The molecule has 3 rings (SSSR count). The van der Waals surface area contributed by atoms with E-state index >= 15 is 0 Å². The van der Waals surface area contributed by atoms with Gasteiger partial charge in [-0.05, 0) is 43.5 Å². The third kappa shape index (κ3) is 1.56. The van der Waals surface area contributed by atoms with E-state index in [-0.39, 0.29) is 0 Å². The summed E-state index contributed by atoms with van der Waals surface area (Å²) in [7, 11) is 0. The van der Waals surface area contributed by atoms with E-state index in [1.54, 1.807) is 0 Å². The van der Waals surface area contributed by atoms with Gasteiger partial charge in [-0.25, -0.2) is 0 Å². The zero-order valence-electron chi connectivity index (χ0n) is 9.10. The smallest absolute Gasteiger partial charge is 0.248 e. The monoisotopic (exact) mass is 215 g/mol. The molecule has 1 aromatic heterocycles. The Labute approximate surface area is 93.5 Å². The summed E-state index contributed by atoms with van der Waals surface area (Å²) in [6.07, 6.45) is 2.34. The predicted octanol–water partition coefficient (Wildman–Crippen LogP) is 2.50. The Morgan fingerprint density at radius 1 is 1.31 bits per heavy atom. The van der Waals surface area contributed by atoms with Crippen molar-refractivity contribution in [1.29, 1.82) is 0 Å². The van der Waals surface area contributed by atoms with E-state index in [4.69, 9.17) is 10.2 Å². The SMILES string of the molecule is Cc1cc(N)ccc1-c1nnc(C2CC2)o1. The van der Waals surface area contributed by atoms with Crippen molar-refractivity contribution in [3.8, 4) is 11.5 Å². The van der Waals surface area contributed by atoms with Crippen molar-refractivity contribution < 1.29 is 4.42 Å². The van der Waals surface area contributed by atoms with Crippen molar-refractivity contribution in [3.63, 3.8) is 0 Å². The molecule has 0 radical (unpaired) electrons. The van der Waals surface area contributed by atoms with Gasteiger partial charge in [0.25, 0.3) is 0 Å². The van der Waals surface area contributed by atoms with Crippen LogP contribution in [-0.2, 0) is 0 Å². The lowest BCUT2D eigenvalue weighted by Crippen LogP contribution is -1.88. The molecule has 1 saturated carbocycles. The number of nitrogens with zero attached hydrogens (tertiary/aromatic N) is 2. The summed E-state index contributed by atoms with van der Waals surface area (Å²) in [5, 5.41) is 8.15. The van der Waals surface area contributed by atoms with Crippen LogP contribution in [0.2, 0.25) is 0 Å². The second kappa shape index (κ2) is 3.33. The van der Waals surface area contributed by atoms with E-state index in [0.29, 0.717) is 11.8 Å². The van der Waals surface area contributed by atoms with E-state index < -0.39 is 0 Å². The largest absolute Gasteiger partial charge is 0.420 e. The summed E-state index contributed by atoms with van der Waals surface area (Å²) in [5.74, 6) is 1.86. The molecule has 1 aliphatic carbocycles. The Balaban J connectivity index is 2.00. The number of aryl methyl sites for hydroxylation is 1. The van der Waals surface area contributed by atoms with Crippen LogP contribution in [0.15, 0.2) is 22.6 Å². The molecule has 1 aromatic carbocycles. The van der Waals surface area contributed by atoms with Gasteiger partial charge in [-0.1, -0.05) is 0 Å². The highest BCUT2D eigenvalue weighted by Crippen LogP contribution is 2.40. The Morgan fingerprint density at radius 3 is 2.81 bits per heavy atom. The first-order valence-corrected chi connectivity index (χ1v) is 5.44. The van der Waals surface area contributed by atoms with E-state index in [9.17, 15) is 0 Å². The minimum atomic E-state index is 0.496. The molecule has 1 aliphatic rings. The average molecular weight is 215 g/mol. The maximum Gasteiger partial charge on any atom is 0.248 e. The van der Waals surface area contributed by atoms with Crippen LogP contribution in [-0.4, -0.2) is 10.2 Å². The highest BCUT2D eigenvalue weighted by atomic mass is 16.4. The Hall–Kier alpha value is -1.84. The first-order chi connectivity index (χ1) is 7.74. The van der Waals surface area contributed by atoms with Crippen LogP contribution in [0.5, 0.6) is 0 Å². The van der Waals surface area contributed by atoms with Crippen LogP contribution in [0.4, 0.5) is 5.69 Å². The Bertz CT molecular complexity index is 529. The van der Waals surface area contributed by atoms with Gasteiger partial charge in [-0.2, -0.15) is 0 Å².